The fourth-order valence-corrected chi connectivity index (χ4v) is 3.36. The zero-order valence-corrected chi connectivity index (χ0v) is 15.6. The molecule has 7 heteroatoms. The summed E-state index contributed by atoms with van der Waals surface area (Å²) in [5.41, 5.74) is 1.98. The molecule has 0 spiro atoms. The number of nitrogens with one attached hydrogen (secondary N) is 1. The van der Waals surface area contributed by atoms with Gasteiger partial charge < -0.3 is 10.2 Å². The number of halogens is 3. The maximum atomic E-state index is 12.5. The van der Waals surface area contributed by atoms with Gasteiger partial charge >= 0.3 is 0 Å². The van der Waals surface area contributed by atoms with Crippen LogP contribution in [0.25, 0.3) is 0 Å². The van der Waals surface area contributed by atoms with Crippen LogP contribution in [-0.2, 0) is 9.59 Å². The van der Waals surface area contributed by atoms with Gasteiger partial charge in [-0.3, -0.25) is 9.59 Å². The van der Waals surface area contributed by atoms with E-state index in [1.807, 2.05) is 13.0 Å². The minimum atomic E-state index is -0.471. The molecule has 2 aromatic rings. The van der Waals surface area contributed by atoms with Crippen LogP contribution in [0, 0.1) is 12.8 Å². The van der Waals surface area contributed by atoms with E-state index in [2.05, 4.69) is 5.32 Å². The van der Waals surface area contributed by atoms with Crippen molar-refractivity contribution < 1.29 is 9.59 Å². The lowest BCUT2D eigenvalue weighted by atomic mass is 10.1. The predicted octanol–water partition coefficient (Wildman–Crippen LogP) is 4.95. The van der Waals surface area contributed by atoms with Gasteiger partial charge in [0.15, 0.2) is 0 Å². The Labute approximate surface area is 160 Å². The molecule has 1 saturated heterocycles. The Bertz CT molecular complexity index is 854. The second-order valence-corrected chi connectivity index (χ2v) is 7.07. The first kappa shape index (κ1) is 18.1. The highest BCUT2D eigenvalue weighted by atomic mass is 35.5. The number of carbonyl (C=O) groups is 2. The summed E-state index contributed by atoms with van der Waals surface area (Å²) in [4.78, 5) is 26.5. The van der Waals surface area contributed by atoms with Crippen LogP contribution in [0.1, 0.15) is 12.0 Å². The van der Waals surface area contributed by atoms with Gasteiger partial charge in [-0.2, -0.15) is 0 Å². The number of hydrogen-bond donors (Lipinski definition) is 1. The predicted molar refractivity (Wildman–Crippen MR) is 102 cm³/mol. The highest BCUT2D eigenvalue weighted by Gasteiger charge is 2.36. The molecule has 0 radical (unpaired) electrons. The third kappa shape index (κ3) is 3.61. The molecule has 1 atom stereocenters. The highest BCUT2D eigenvalue weighted by Crippen LogP contribution is 2.33. The van der Waals surface area contributed by atoms with Crippen LogP contribution >= 0.6 is 34.8 Å². The Morgan fingerprint density at radius 1 is 1.12 bits per heavy atom. The van der Waals surface area contributed by atoms with Gasteiger partial charge in [-0.25, -0.2) is 0 Å². The zero-order valence-electron chi connectivity index (χ0n) is 13.4. The smallest absolute Gasteiger partial charge is 0.229 e. The molecule has 1 fully saturated rings. The van der Waals surface area contributed by atoms with Gasteiger partial charge in [0.1, 0.15) is 0 Å². The SMILES string of the molecule is Cc1c(Cl)cccc1N1C[C@H](C(=O)Nc2cccc(Cl)c2Cl)CC1=O. The maximum absolute atomic E-state index is 12.5. The molecule has 3 rings (SSSR count). The molecule has 0 bridgehead atoms. The van der Waals surface area contributed by atoms with Gasteiger partial charge in [0.05, 0.1) is 21.7 Å². The average molecular weight is 398 g/mol. The van der Waals surface area contributed by atoms with Crippen molar-refractivity contribution >= 4 is 58.0 Å². The van der Waals surface area contributed by atoms with Crippen LogP contribution < -0.4 is 10.2 Å². The highest BCUT2D eigenvalue weighted by molar-refractivity contribution is 6.44. The van der Waals surface area contributed by atoms with Crippen molar-refractivity contribution in [3.63, 3.8) is 0 Å². The second kappa shape index (κ2) is 7.24. The summed E-state index contributed by atoms with van der Waals surface area (Å²) in [5, 5.41) is 3.98. The Kier molecular flexibility index (Phi) is 5.23. The number of carbonyl (C=O) groups excluding carboxylic acids is 2. The van der Waals surface area contributed by atoms with E-state index in [0.717, 1.165) is 11.3 Å². The molecule has 0 aromatic heterocycles. The number of amides is 2. The minimum absolute atomic E-state index is 0.109. The molecule has 1 aliphatic heterocycles. The summed E-state index contributed by atoms with van der Waals surface area (Å²) >= 11 is 18.2. The van der Waals surface area contributed by atoms with Crippen LogP contribution in [0.3, 0.4) is 0 Å². The van der Waals surface area contributed by atoms with Crippen LogP contribution in [0.4, 0.5) is 11.4 Å². The summed E-state index contributed by atoms with van der Waals surface area (Å²) in [6.45, 7) is 2.15. The van der Waals surface area contributed by atoms with Crippen molar-refractivity contribution in [3.05, 3.63) is 57.0 Å². The van der Waals surface area contributed by atoms with E-state index in [4.69, 9.17) is 34.8 Å². The monoisotopic (exact) mass is 396 g/mol. The van der Waals surface area contributed by atoms with Gasteiger partial charge in [-0.1, -0.05) is 46.9 Å². The van der Waals surface area contributed by atoms with E-state index in [-0.39, 0.29) is 23.3 Å². The van der Waals surface area contributed by atoms with Crippen molar-refractivity contribution in [1.82, 2.24) is 0 Å². The van der Waals surface area contributed by atoms with Crippen molar-refractivity contribution in [2.75, 3.05) is 16.8 Å². The normalized spacial score (nSPS) is 17.0. The number of anilines is 2. The lowest BCUT2D eigenvalue weighted by Gasteiger charge is -2.19. The van der Waals surface area contributed by atoms with E-state index >= 15 is 0 Å². The molecular weight excluding hydrogens is 383 g/mol. The fourth-order valence-electron chi connectivity index (χ4n) is 2.84. The number of benzene rings is 2. The Hall–Kier alpha value is -1.75. The lowest BCUT2D eigenvalue weighted by molar-refractivity contribution is -0.122. The molecule has 0 saturated carbocycles. The summed E-state index contributed by atoms with van der Waals surface area (Å²) < 4.78 is 0. The lowest BCUT2D eigenvalue weighted by Crippen LogP contribution is -2.28. The molecule has 25 heavy (non-hydrogen) atoms. The van der Waals surface area contributed by atoms with E-state index in [0.29, 0.717) is 22.3 Å². The summed E-state index contributed by atoms with van der Waals surface area (Å²) in [5.74, 6) is -0.844. The molecule has 2 aromatic carbocycles. The van der Waals surface area contributed by atoms with Gasteiger partial charge in [0.2, 0.25) is 11.8 Å². The van der Waals surface area contributed by atoms with Crippen LogP contribution in [0.2, 0.25) is 15.1 Å². The summed E-state index contributed by atoms with van der Waals surface area (Å²) in [6.07, 6.45) is 0.135. The molecule has 0 unspecified atom stereocenters. The van der Waals surface area contributed by atoms with Gasteiger partial charge in [0, 0.05) is 23.7 Å². The third-order valence-corrected chi connectivity index (χ3v) is 5.46. The maximum Gasteiger partial charge on any atom is 0.229 e. The van der Waals surface area contributed by atoms with Crippen molar-refractivity contribution in [2.45, 2.75) is 13.3 Å². The first-order valence-corrected chi connectivity index (χ1v) is 8.82. The molecule has 1 aliphatic rings. The van der Waals surface area contributed by atoms with E-state index in [9.17, 15) is 9.59 Å². The Morgan fingerprint density at radius 2 is 1.80 bits per heavy atom. The number of nitrogens with zero attached hydrogens (tertiary/aromatic N) is 1. The molecule has 2 amide bonds. The molecular formula is C18H15Cl3N2O2. The Balaban J connectivity index is 1.77. The van der Waals surface area contributed by atoms with E-state index in [1.165, 1.54) is 0 Å². The topological polar surface area (TPSA) is 49.4 Å². The second-order valence-electron chi connectivity index (χ2n) is 5.88. The first-order valence-electron chi connectivity index (χ1n) is 7.69. The van der Waals surface area contributed by atoms with Crippen LogP contribution in [0.5, 0.6) is 0 Å². The molecule has 130 valence electrons. The standard InChI is InChI=1S/C18H15Cl3N2O2/c1-10-12(19)4-3-7-15(10)23-9-11(8-16(23)24)18(25)22-14-6-2-5-13(20)17(14)21/h2-7,11H,8-9H2,1H3,(H,22,25)/t11-/m1/s1. The molecule has 1 N–H and O–H groups in total. The number of hydrogen-bond acceptors (Lipinski definition) is 2. The minimum Gasteiger partial charge on any atom is -0.324 e. The van der Waals surface area contributed by atoms with E-state index < -0.39 is 5.92 Å². The quantitative estimate of drug-likeness (QED) is 0.797. The first-order chi connectivity index (χ1) is 11.9. The van der Waals surface area contributed by atoms with Crippen molar-refractivity contribution in [3.8, 4) is 0 Å². The zero-order chi connectivity index (χ0) is 18.1. The van der Waals surface area contributed by atoms with Crippen molar-refractivity contribution in [2.24, 2.45) is 5.92 Å². The van der Waals surface area contributed by atoms with Crippen molar-refractivity contribution in [1.29, 1.82) is 0 Å². The number of rotatable bonds is 3. The van der Waals surface area contributed by atoms with Crippen LogP contribution in [-0.4, -0.2) is 18.4 Å². The largest absolute Gasteiger partial charge is 0.324 e. The van der Waals surface area contributed by atoms with Gasteiger partial charge in [-0.15, -0.1) is 0 Å². The van der Waals surface area contributed by atoms with Gasteiger partial charge in [0.25, 0.3) is 0 Å². The Morgan fingerprint density at radius 3 is 2.56 bits per heavy atom. The van der Waals surface area contributed by atoms with Gasteiger partial charge in [-0.05, 0) is 36.8 Å². The summed E-state index contributed by atoms with van der Waals surface area (Å²) in [6, 6.07) is 10.4. The summed E-state index contributed by atoms with van der Waals surface area (Å²) in [7, 11) is 0. The van der Waals surface area contributed by atoms with Crippen LogP contribution in [0.15, 0.2) is 36.4 Å². The van der Waals surface area contributed by atoms with E-state index in [1.54, 1.807) is 35.2 Å². The molecule has 4 nitrogen and oxygen atoms in total. The third-order valence-electron chi connectivity index (χ3n) is 4.24. The fraction of sp³-hybridized carbons (Fsp3) is 0.222. The average Bonchev–Trinajstić information content (AvgIpc) is 2.96. The molecule has 1 heterocycles. The molecule has 0 aliphatic carbocycles.